The number of thiophene rings is 1. The molecule has 0 aliphatic carbocycles. The lowest BCUT2D eigenvalue weighted by molar-refractivity contribution is 0.0702. The number of aromatic carboxylic acids is 1. The van der Waals surface area contributed by atoms with E-state index < -0.39 is 16.0 Å². The highest BCUT2D eigenvalue weighted by Crippen LogP contribution is 2.19. The Bertz CT molecular complexity index is 561. The van der Waals surface area contributed by atoms with E-state index in [0.29, 0.717) is 0 Å². The van der Waals surface area contributed by atoms with Crippen molar-refractivity contribution in [1.29, 1.82) is 0 Å². The van der Waals surface area contributed by atoms with Crippen molar-refractivity contribution in [1.82, 2.24) is 9.62 Å². The van der Waals surface area contributed by atoms with Gasteiger partial charge in [0, 0.05) is 17.5 Å². The van der Waals surface area contributed by atoms with Crippen LogP contribution >= 0.6 is 11.3 Å². The molecule has 0 spiro atoms. The molecule has 0 fully saturated rings. The number of carboxylic acid groups (broad SMARTS) is 1. The Morgan fingerprint density at radius 1 is 1.47 bits per heavy atom. The van der Waals surface area contributed by atoms with Crippen molar-refractivity contribution in [2.45, 2.75) is 24.3 Å². The fraction of sp³-hybridized carbons (Fsp3) is 0.545. The topological polar surface area (TPSA) is 86.7 Å². The highest BCUT2D eigenvalue weighted by molar-refractivity contribution is 7.89. The number of hydrogen-bond donors (Lipinski definition) is 2. The number of nitrogens with zero attached hydrogens (tertiary/aromatic N) is 1. The zero-order valence-electron chi connectivity index (χ0n) is 11.3. The Morgan fingerprint density at radius 2 is 2.05 bits per heavy atom. The molecule has 1 heterocycles. The molecule has 0 aliphatic rings. The second-order valence-electron chi connectivity index (χ2n) is 4.98. The molecule has 6 nitrogen and oxygen atoms in total. The molecule has 0 atom stereocenters. The minimum Gasteiger partial charge on any atom is -0.477 e. The van der Waals surface area contributed by atoms with E-state index in [1.54, 1.807) is 0 Å². The third-order valence-electron chi connectivity index (χ3n) is 3.00. The summed E-state index contributed by atoms with van der Waals surface area (Å²) >= 11 is 0.895. The molecule has 0 bridgehead atoms. The third kappa shape index (κ3) is 4.00. The highest BCUT2D eigenvalue weighted by Gasteiger charge is 2.25. The number of carbonyl (C=O) groups is 1. The molecule has 2 N–H and O–H groups in total. The molecule has 8 heteroatoms. The molecule has 0 aromatic carbocycles. The van der Waals surface area contributed by atoms with E-state index in [9.17, 15) is 13.2 Å². The van der Waals surface area contributed by atoms with Crippen LogP contribution in [0.3, 0.4) is 0 Å². The van der Waals surface area contributed by atoms with E-state index >= 15 is 0 Å². The van der Waals surface area contributed by atoms with Gasteiger partial charge < -0.3 is 10.0 Å². The highest BCUT2D eigenvalue weighted by atomic mass is 32.2. The second-order valence-corrected chi connectivity index (χ2v) is 7.66. The summed E-state index contributed by atoms with van der Waals surface area (Å²) in [6, 6.07) is 1.16. The molecule has 0 amide bonds. The Kier molecular flexibility index (Phi) is 4.72. The van der Waals surface area contributed by atoms with Gasteiger partial charge in [-0.25, -0.2) is 17.9 Å². The van der Waals surface area contributed by atoms with Gasteiger partial charge in [-0.05, 0) is 34.0 Å². The summed E-state index contributed by atoms with van der Waals surface area (Å²) in [5.41, 5.74) is -0.335. The summed E-state index contributed by atoms with van der Waals surface area (Å²) in [4.78, 5) is 12.6. The van der Waals surface area contributed by atoms with Crippen LogP contribution in [0.4, 0.5) is 0 Å². The number of sulfonamides is 1. The van der Waals surface area contributed by atoms with Crippen molar-refractivity contribution in [3.63, 3.8) is 0 Å². The predicted octanol–water partition coefficient (Wildman–Crippen LogP) is 1.06. The molecule has 0 unspecified atom stereocenters. The summed E-state index contributed by atoms with van der Waals surface area (Å²) < 4.78 is 26.5. The molecule has 0 saturated heterocycles. The van der Waals surface area contributed by atoms with Gasteiger partial charge in [-0.2, -0.15) is 0 Å². The summed E-state index contributed by atoms with van der Waals surface area (Å²) in [7, 11) is 0.0558. The molecule has 1 rings (SSSR count). The molecule has 1 aromatic rings. The fourth-order valence-corrected chi connectivity index (χ4v) is 3.40. The van der Waals surface area contributed by atoms with E-state index in [0.717, 1.165) is 17.4 Å². The lowest BCUT2D eigenvalue weighted by atomic mass is 10.1. The van der Waals surface area contributed by atoms with Crippen LogP contribution in [0.2, 0.25) is 0 Å². The first-order valence-electron chi connectivity index (χ1n) is 5.55. The number of rotatable bonds is 6. The summed E-state index contributed by atoms with van der Waals surface area (Å²) in [6.45, 7) is 4.05. The van der Waals surface area contributed by atoms with Crippen molar-refractivity contribution >= 4 is 27.3 Å². The Labute approximate surface area is 117 Å². The zero-order chi connectivity index (χ0) is 14.8. The summed E-state index contributed by atoms with van der Waals surface area (Å²) in [5, 5.41) is 10.1. The van der Waals surface area contributed by atoms with E-state index in [-0.39, 0.29) is 21.9 Å². The first-order chi connectivity index (χ1) is 8.56. The average Bonchev–Trinajstić information content (AvgIpc) is 2.76. The first-order valence-corrected chi connectivity index (χ1v) is 7.91. The minimum atomic E-state index is -3.67. The quantitative estimate of drug-likeness (QED) is 0.821. The minimum absolute atomic E-state index is 0.00671. The monoisotopic (exact) mass is 306 g/mol. The molecule has 0 aliphatic heterocycles. The maximum absolute atomic E-state index is 12.0. The van der Waals surface area contributed by atoms with E-state index in [2.05, 4.69) is 4.72 Å². The van der Waals surface area contributed by atoms with Crippen molar-refractivity contribution in [2.24, 2.45) is 0 Å². The van der Waals surface area contributed by atoms with Crippen LogP contribution in [0.15, 0.2) is 16.3 Å². The second kappa shape index (κ2) is 5.58. The molecule has 0 radical (unpaired) electrons. The van der Waals surface area contributed by atoms with Gasteiger partial charge in [0.2, 0.25) is 10.0 Å². The van der Waals surface area contributed by atoms with Gasteiger partial charge in [-0.15, -0.1) is 11.3 Å². The first kappa shape index (κ1) is 16.1. The van der Waals surface area contributed by atoms with Gasteiger partial charge in [-0.1, -0.05) is 0 Å². The molecule has 0 saturated carbocycles. The number of hydrogen-bond acceptors (Lipinski definition) is 5. The van der Waals surface area contributed by atoms with Gasteiger partial charge >= 0.3 is 5.97 Å². The molecular weight excluding hydrogens is 288 g/mol. The summed E-state index contributed by atoms with van der Waals surface area (Å²) in [5.74, 6) is -1.12. The van der Waals surface area contributed by atoms with Crippen molar-refractivity contribution in [2.75, 3.05) is 20.6 Å². The molecule has 19 heavy (non-hydrogen) atoms. The number of likely N-dealkylation sites (N-methyl/N-ethyl adjacent to an activating group) is 1. The van der Waals surface area contributed by atoms with Gasteiger partial charge in [0.1, 0.15) is 4.88 Å². The number of nitrogens with one attached hydrogen (secondary N) is 1. The largest absolute Gasteiger partial charge is 0.477 e. The summed E-state index contributed by atoms with van der Waals surface area (Å²) in [6.07, 6.45) is 0. The average molecular weight is 306 g/mol. The SMILES string of the molecule is CN(C)C(C)(C)CNS(=O)(=O)c1csc(C(=O)O)c1. The molecular formula is C11H18N2O4S2. The van der Waals surface area contributed by atoms with Crippen LogP contribution in [0.1, 0.15) is 23.5 Å². The van der Waals surface area contributed by atoms with E-state index in [4.69, 9.17) is 5.11 Å². The van der Waals surface area contributed by atoms with Crippen LogP contribution in [0, 0.1) is 0 Å². The van der Waals surface area contributed by atoms with Crippen LogP contribution < -0.4 is 4.72 Å². The Hall–Kier alpha value is -0.960. The zero-order valence-corrected chi connectivity index (χ0v) is 12.9. The normalized spacial score (nSPS) is 12.9. The van der Waals surface area contributed by atoms with E-state index in [1.807, 2.05) is 32.8 Å². The van der Waals surface area contributed by atoms with Crippen LogP contribution in [-0.2, 0) is 10.0 Å². The third-order valence-corrected chi connectivity index (χ3v) is 5.45. The molecule has 1 aromatic heterocycles. The predicted molar refractivity (Wildman–Crippen MR) is 74.2 cm³/mol. The lowest BCUT2D eigenvalue weighted by Gasteiger charge is -2.32. The van der Waals surface area contributed by atoms with Gasteiger partial charge in [-0.3, -0.25) is 0 Å². The van der Waals surface area contributed by atoms with Gasteiger partial charge in [0.15, 0.2) is 0 Å². The number of carboxylic acids is 1. The maximum Gasteiger partial charge on any atom is 0.345 e. The van der Waals surface area contributed by atoms with Gasteiger partial charge in [0.05, 0.1) is 4.90 Å². The standard InChI is InChI=1S/C11H18N2O4S2/c1-11(2,13(3)4)7-12-19(16,17)8-5-9(10(14)15)18-6-8/h5-6,12H,7H2,1-4H3,(H,14,15). The fourth-order valence-electron chi connectivity index (χ4n) is 1.08. The maximum atomic E-state index is 12.0. The Morgan fingerprint density at radius 3 is 2.47 bits per heavy atom. The van der Waals surface area contributed by atoms with Gasteiger partial charge in [0.25, 0.3) is 0 Å². The molecule has 108 valence electrons. The van der Waals surface area contributed by atoms with E-state index in [1.165, 1.54) is 5.38 Å². The van der Waals surface area contributed by atoms with Crippen LogP contribution in [0.25, 0.3) is 0 Å². The van der Waals surface area contributed by atoms with Crippen molar-refractivity contribution in [3.8, 4) is 0 Å². The Balaban J connectivity index is 2.84. The van der Waals surface area contributed by atoms with Crippen LogP contribution in [0.5, 0.6) is 0 Å². The van der Waals surface area contributed by atoms with Crippen molar-refractivity contribution < 1.29 is 18.3 Å². The smallest absolute Gasteiger partial charge is 0.345 e. The lowest BCUT2D eigenvalue weighted by Crippen LogP contribution is -2.48. The van der Waals surface area contributed by atoms with Crippen molar-refractivity contribution in [3.05, 3.63) is 16.3 Å². The van der Waals surface area contributed by atoms with Crippen LogP contribution in [-0.4, -0.2) is 50.6 Å².